The number of hydrogen-bond acceptors (Lipinski definition) is 4. The van der Waals surface area contributed by atoms with E-state index in [0.717, 1.165) is 15.7 Å². The van der Waals surface area contributed by atoms with Gasteiger partial charge < -0.3 is 4.90 Å². The van der Waals surface area contributed by atoms with Gasteiger partial charge in [-0.05, 0) is 31.5 Å². The molecule has 0 aliphatic heterocycles. The highest BCUT2D eigenvalue weighted by atomic mass is 16.2. The van der Waals surface area contributed by atoms with Gasteiger partial charge in [0.15, 0.2) is 0 Å². The van der Waals surface area contributed by atoms with Crippen LogP contribution in [0.3, 0.4) is 0 Å². The Bertz CT molecular complexity index is 1140. The highest BCUT2D eigenvalue weighted by molar-refractivity contribution is 5.94. The lowest BCUT2D eigenvalue weighted by atomic mass is 10.1. The number of aromatic nitrogens is 3. The van der Waals surface area contributed by atoms with Crippen LogP contribution in [0.1, 0.15) is 34.6 Å². The number of fused-ring (bicyclic) bond motifs is 1. The Hall–Kier alpha value is -3.22. The number of pyridine rings is 1. The summed E-state index contributed by atoms with van der Waals surface area (Å²) in [6.45, 7) is 3.95. The molecule has 3 aromatic rings. The van der Waals surface area contributed by atoms with Crippen molar-refractivity contribution < 1.29 is 4.79 Å². The molecule has 2 heterocycles. The molecular weight excluding hydrogens is 344 g/mol. The molecule has 0 saturated carbocycles. The minimum absolute atomic E-state index is 0.150. The maximum atomic E-state index is 12.9. The summed E-state index contributed by atoms with van der Waals surface area (Å²) in [4.78, 5) is 43.2. The number of aryl methyl sites for hydroxylation is 2. The second kappa shape index (κ2) is 6.83. The van der Waals surface area contributed by atoms with Gasteiger partial charge in [0.2, 0.25) is 0 Å². The number of nitrogens with zero attached hydrogens (tertiary/aromatic N) is 4. The van der Waals surface area contributed by atoms with Gasteiger partial charge in [-0.3, -0.25) is 18.7 Å². The molecular formula is C20H22N4O3. The lowest BCUT2D eigenvalue weighted by molar-refractivity contribution is 0.0737. The van der Waals surface area contributed by atoms with Gasteiger partial charge in [-0.1, -0.05) is 29.8 Å². The van der Waals surface area contributed by atoms with E-state index >= 15 is 0 Å². The summed E-state index contributed by atoms with van der Waals surface area (Å²) in [5.74, 6) is -0.280. The highest BCUT2D eigenvalue weighted by Gasteiger charge is 2.21. The molecule has 0 bridgehead atoms. The van der Waals surface area contributed by atoms with Crippen LogP contribution in [-0.4, -0.2) is 32.0 Å². The van der Waals surface area contributed by atoms with Crippen molar-refractivity contribution in [1.82, 2.24) is 19.0 Å². The molecule has 27 heavy (non-hydrogen) atoms. The van der Waals surface area contributed by atoms with Gasteiger partial charge >= 0.3 is 5.69 Å². The summed E-state index contributed by atoms with van der Waals surface area (Å²) in [6, 6.07) is 10.9. The normalized spacial score (nSPS) is 12.2. The van der Waals surface area contributed by atoms with Gasteiger partial charge in [-0.15, -0.1) is 0 Å². The molecule has 7 heteroatoms. The summed E-state index contributed by atoms with van der Waals surface area (Å²) < 4.78 is 2.30. The molecule has 7 nitrogen and oxygen atoms in total. The fourth-order valence-corrected chi connectivity index (χ4v) is 3.00. The van der Waals surface area contributed by atoms with E-state index in [4.69, 9.17) is 0 Å². The molecule has 0 spiro atoms. The van der Waals surface area contributed by atoms with Gasteiger partial charge in [0.1, 0.15) is 11.3 Å². The van der Waals surface area contributed by atoms with Crippen LogP contribution in [-0.2, 0) is 14.1 Å². The molecule has 1 atom stereocenters. The molecule has 1 unspecified atom stereocenters. The average Bonchev–Trinajstić information content (AvgIpc) is 2.69. The number of carbonyl (C=O) groups excluding carboxylic acids is 1. The Labute approximate surface area is 156 Å². The van der Waals surface area contributed by atoms with E-state index in [1.165, 1.54) is 24.7 Å². The van der Waals surface area contributed by atoms with Crippen LogP contribution in [0, 0.1) is 6.92 Å². The van der Waals surface area contributed by atoms with Crippen LogP contribution >= 0.6 is 0 Å². The Morgan fingerprint density at radius 2 is 1.67 bits per heavy atom. The van der Waals surface area contributed by atoms with Gasteiger partial charge in [-0.2, -0.15) is 0 Å². The first-order chi connectivity index (χ1) is 12.7. The lowest BCUT2D eigenvalue weighted by Crippen LogP contribution is -2.37. The quantitative estimate of drug-likeness (QED) is 0.708. The zero-order chi connectivity index (χ0) is 19.9. The number of carbonyl (C=O) groups is 1. The van der Waals surface area contributed by atoms with Crippen LogP contribution < -0.4 is 11.2 Å². The molecule has 1 amide bonds. The molecule has 0 fully saturated rings. The number of benzene rings is 1. The predicted molar refractivity (Wildman–Crippen MR) is 104 cm³/mol. The SMILES string of the molecule is Cc1ccc(C(C)N(C)C(=O)c2ccc3c(=O)n(C)c(=O)n(C)c3n2)cc1. The van der Waals surface area contributed by atoms with E-state index in [1.807, 2.05) is 38.1 Å². The molecule has 0 N–H and O–H groups in total. The molecule has 0 aliphatic carbocycles. The van der Waals surface area contributed by atoms with Crippen molar-refractivity contribution in [3.8, 4) is 0 Å². The Kier molecular flexibility index (Phi) is 4.70. The van der Waals surface area contributed by atoms with Crippen LogP contribution in [0.15, 0.2) is 46.0 Å². The van der Waals surface area contributed by atoms with Gasteiger partial charge in [0.25, 0.3) is 11.5 Å². The standard InChI is InChI=1S/C20H22N4O3/c1-12-6-8-14(9-7-12)13(2)22(3)19(26)16-11-10-15-17(21-16)23(4)20(27)24(5)18(15)25/h6-11,13H,1-5H3. The summed E-state index contributed by atoms with van der Waals surface area (Å²) in [7, 11) is 4.66. The van der Waals surface area contributed by atoms with Crippen LogP contribution in [0.25, 0.3) is 11.0 Å². The molecule has 140 valence electrons. The summed E-state index contributed by atoms with van der Waals surface area (Å²) in [6.07, 6.45) is 0. The third-order valence-corrected chi connectivity index (χ3v) is 4.98. The molecule has 1 aromatic carbocycles. The van der Waals surface area contributed by atoms with Crippen molar-refractivity contribution >= 4 is 16.9 Å². The van der Waals surface area contributed by atoms with E-state index < -0.39 is 11.2 Å². The minimum Gasteiger partial charge on any atom is -0.334 e. The van der Waals surface area contributed by atoms with E-state index in [2.05, 4.69) is 4.98 Å². The zero-order valence-electron chi connectivity index (χ0n) is 16.1. The van der Waals surface area contributed by atoms with Crippen molar-refractivity contribution in [2.75, 3.05) is 7.05 Å². The van der Waals surface area contributed by atoms with Crippen molar-refractivity contribution in [3.63, 3.8) is 0 Å². The third kappa shape index (κ3) is 3.16. The topological polar surface area (TPSA) is 77.2 Å². The first-order valence-corrected chi connectivity index (χ1v) is 8.63. The van der Waals surface area contributed by atoms with Crippen molar-refractivity contribution in [2.24, 2.45) is 14.1 Å². The maximum absolute atomic E-state index is 12.9. The summed E-state index contributed by atoms with van der Waals surface area (Å²) in [5.41, 5.74) is 1.64. The number of hydrogen-bond donors (Lipinski definition) is 0. The monoisotopic (exact) mass is 366 g/mol. The molecule has 3 rings (SSSR count). The second-order valence-corrected chi connectivity index (χ2v) is 6.78. The van der Waals surface area contributed by atoms with Crippen molar-refractivity contribution in [1.29, 1.82) is 0 Å². The van der Waals surface area contributed by atoms with Crippen molar-refractivity contribution in [3.05, 3.63) is 74.1 Å². The first-order valence-electron chi connectivity index (χ1n) is 8.63. The molecule has 0 aliphatic rings. The summed E-state index contributed by atoms with van der Waals surface area (Å²) >= 11 is 0. The van der Waals surface area contributed by atoms with Crippen LogP contribution in [0.4, 0.5) is 0 Å². The average molecular weight is 366 g/mol. The van der Waals surface area contributed by atoms with Gasteiger partial charge in [0.05, 0.1) is 11.4 Å². The zero-order valence-corrected chi connectivity index (χ0v) is 16.1. The highest BCUT2D eigenvalue weighted by Crippen LogP contribution is 2.21. The molecule has 0 radical (unpaired) electrons. The van der Waals surface area contributed by atoms with E-state index in [0.29, 0.717) is 5.39 Å². The Morgan fingerprint density at radius 1 is 1.04 bits per heavy atom. The molecule has 0 saturated heterocycles. The Balaban J connectivity index is 2.01. The van der Waals surface area contributed by atoms with Gasteiger partial charge in [0, 0.05) is 21.1 Å². The van der Waals surface area contributed by atoms with Crippen molar-refractivity contribution in [2.45, 2.75) is 19.9 Å². The maximum Gasteiger partial charge on any atom is 0.332 e. The Morgan fingerprint density at radius 3 is 2.30 bits per heavy atom. The van der Waals surface area contributed by atoms with E-state index in [1.54, 1.807) is 18.0 Å². The first kappa shape index (κ1) is 18.6. The van der Waals surface area contributed by atoms with Crippen LogP contribution in [0.2, 0.25) is 0 Å². The van der Waals surface area contributed by atoms with Crippen LogP contribution in [0.5, 0.6) is 0 Å². The largest absolute Gasteiger partial charge is 0.334 e. The summed E-state index contributed by atoms with van der Waals surface area (Å²) in [5, 5.41) is 0.297. The molecule has 2 aromatic heterocycles. The fourth-order valence-electron chi connectivity index (χ4n) is 3.00. The predicted octanol–water partition coefficient (Wildman–Crippen LogP) is 1.77. The smallest absolute Gasteiger partial charge is 0.332 e. The number of amides is 1. The third-order valence-electron chi connectivity index (χ3n) is 4.98. The second-order valence-electron chi connectivity index (χ2n) is 6.78. The fraction of sp³-hybridized carbons (Fsp3) is 0.300. The van der Waals surface area contributed by atoms with E-state index in [9.17, 15) is 14.4 Å². The lowest BCUT2D eigenvalue weighted by Gasteiger charge is -2.25. The van der Waals surface area contributed by atoms with E-state index in [-0.39, 0.29) is 23.3 Å². The van der Waals surface area contributed by atoms with Gasteiger partial charge in [-0.25, -0.2) is 9.78 Å². The number of rotatable bonds is 3. The minimum atomic E-state index is -0.481.